The van der Waals surface area contributed by atoms with Gasteiger partial charge in [0.05, 0.1) is 12.2 Å². The molecule has 0 radical (unpaired) electrons. The molecule has 0 saturated carbocycles. The number of amides is 1. The van der Waals surface area contributed by atoms with Crippen LogP contribution in [0.4, 0.5) is 5.69 Å². The summed E-state index contributed by atoms with van der Waals surface area (Å²) in [6.07, 6.45) is 0. The quantitative estimate of drug-likeness (QED) is 0.820. The molecule has 23 heavy (non-hydrogen) atoms. The molecule has 0 fully saturated rings. The summed E-state index contributed by atoms with van der Waals surface area (Å²) in [5.41, 5.74) is 0.805. The van der Waals surface area contributed by atoms with Crippen LogP contribution in [0, 0.1) is 0 Å². The molecule has 1 amide bonds. The Morgan fingerprint density at radius 2 is 1.52 bits per heavy atom. The molecule has 0 bridgehead atoms. The number of aromatic carboxylic acids is 1. The van der Waals surface area contributed by atoms with Gasteiger partial charge in [-0.2, -0.15) is 0 Å². The molecule has 0 aliphatic heterocycles. The second-order valence-corrected chi connectivity index (χ2v) is 4.62. The third-order valence-corrected chi connectivity index (χ3v) is 2.92. The summed E-state index contributed by atoms with van der Waals surface area (Å²) in [4.78, 5) is 22.5. The molecule has 2 aromatic rings. The second kappa shape index (κ2) is 7.84. The number of carbonyl (C=O) groups is 2. The number of benzene rings is 2. The van der Waals surface area contributed by atoms with Crippen molar-refractivity contribution in [2.45, 2.75) is 6.92 Å². The van der Waals surface area contributed by atoms with E-state index < -0.39 is 5.97 Å². The minimum atomic E-state index is -1.01. The molecule has 0 saturated heterocycles. The third-order valence-electron chi connectivity index (χ3n) is 2.92. The maximum atomic E-state index is 11.8. The van der Waals surface area contributed by atoms with E-state index in [-0.39, 0.29) is 18.1 Å². The van der Waals surface area contributed by atoms with Gasteiger partial charge in [-0.05, 0) is 55.5 Å². The number of carboxylic acids is 1. The Bertz CT molecular complexity index is 664. The highest BCUT2D eigenvalue weighted by atomic mass is 16.5. The molecule has 2 rings (SSSR count). The zero-order valence-electron chi connectivity index (χ0n) is 12.6. The van der Waals surface area contributed by atoms with Gasteiger partial charge in [0.1, 0.15) is 11.5 Å². The summed E-state index contributed by atoms with van der Waals surface area (Å²) >= 11 is 0. The highest BCUT2D eigenvalue weighted by molar-refractivity contribution is 5.92. The molecule has 0 aromatic heterocycles. The molecule has 0 aliphatic carbocycles. The predicted octanol–water partition coefficient (Wildman–Crippen LogP) is 2.80. The summed E-state index contributed by atoms with van der Waals surface area (Å²) < 4.78 is 10.6. The van der Waals surface area contributed by atoms with Gasteiger partial charge in [-0.15, -0.1) is 0 Å². The summed E-state index contributed by atoms with van der Waals surface area (Å²) in [6, 6.07) is 12.9. The number of nitrogens with one attached hydrogen (secondary N) is 1. The molecule has 0 atom stereocenters. The second-order valence-electron chi connectivity index (χ2n) is 4.62. The van der Waals surface area contributed by atoms with E-state index in [1.807, 2.05) is 6.92 Å². The van der Waals surface area contributed by atoms with Gasteiger partial charge in [-0.1, -0.05) is 0 Å². The first-order chi connectivity index (χ1) is 11.1. The van der Waals surface area contributed by atoms with E-state index >= 15 is 0 Å². The van der Waals surface area contributed by atoms with E-state index in [1.54, 1.807) is 24.3 Å². The third kappa shape index (κ3) is 5.03. The van der Waals surface area contributed by atoms with Crippen LogP contribution in [0.2, 0.25) is 0 Å². The lowest BCUT2D eigenvalue weighted by atomic mass is 10.2. The van der Waals surface area contributed by atoms with Gasteiger partial charge < -0.3 is 19.9 Å². The first-order valence-electron chi connectivity index (χ1n) is 7.07. The Labute approximate surface area is 133 Å². The normalized spacial score (nSPS) is 9.96. The van der Waals surface area contributed by atoms with Crippen molar-refractivity contribution in [2.75, 3.05) is 18.5 Å². The maximum Gasteiger partial charge on any atom is 0.335 e. The maximum absolute atomic E-state index is 11.8. The fourth-order valence-electron chi connectivity index (χ4n) is 1.84. The van der Waals surface area contributed by atoms with Crippen LogP contribution in [0.3, 0.4) is 0 Å². The van der Waals surface area contributed by atoms with E-state index in [0.717, 1.165) is 5.75 Å². The van der Waals surface area contributed by atoms with Crippen LogP contribution < -0.4 is 14.8 Å². The SMILES string of the molecule is CCOc1ccc(NC(=O)COc2ccc(C(=O)O)cc2)cc1. The van der Waals surface area contributed by atoms with E-state index in [1.165, 1.54) is 24.3 Å². The van der Waals surface area contributed by atoms with Crippen LogP contribution in [0.15, 0.2) is 48.5 Å². The Hall–Kier alpha value is -3.02. The number of rotatable bonds is 7. The lowest BCUT2D eigenvalue weighted by molar-refractivity contribution is -0.118. The molecule has 6 nitrogen and oxygen atoms in total. The summed E-state index contributed by atoms with van der Waals surface area (Å²) in [5.74, 6) is -0.154. The minimum absolute atomic E-state index is 0.163. The van der Waals surface area contributed by atoms with E-state index in [4.69, 9.17) is 14.6 Å². The van der Waals surface area contributed by atoms with Crippen molar-refractivity contribution in [1.29, 1.82) is 0 Å². The monoisotopic (exact) mass is 315 g/mol. The Balaban J connectivity index is 1.83. The predicted molar refractivity (Wildman–Crippen MR) is 85.1 cm³/mol. The molecule has 2 N–H and O–H groups in total. The van der Waals surface area contributed by atoms with Crippen molar-refractivity contribution < 1.29 is 24.2 Å². The van der Waals surface area contributed by atoms with Crippen molar-refractivity contribution in [1.82, 2.24) is 0 Å². The van der Waals surface area contributed by atoms with Crippen molar-refractivity contribution in [3.63, 3.8) is 0 Å². The van der Waals surface area contributed by atoms with Gasteiger partial charge in [0.25, 0.3) is 5.91 Å². The lowest BCUT2D eigenvalue weighted by Gasteiger charge is -2.08. The largest absolute Gasteiger partial charge is 0.494 e. The van der Waals surface area contributed by atoms with Crippen LogP contribution in [0.25, 0.3) is 0 Å². The lowest BCUT2D eigenvalue weighted by Crippen LogP contribution is -2.20. The van der Waals surface area contributed by atoms with Gasteiger partial charge >= 0.3 is 5.97 Å². The first kappa shape index (κ1) is 16.4. The number of hydrogen-bond donors (Lipinski definition) is 2. The van der Waals surface area contributed by atoms with Crippen molar-refractivity contribution in [2.24, 2.45) is 0 Å². The van der Waals surface area contributed by atoms with E-state index in [0.29, 0.717) is 18.0 Å². The molecular formula is C17H17NO5. The van der Waals surface area contributed by atoms with Gasteiger partial charge in [-0.3, -0.25) is 4.79 Å². The van der Waals surface area contributed by atoms with Crippen molar-refractivity contribution >= 4 is 17.6 Å². The number of carbonyl (C=O) groups excluding carboxylic acids is 1. The van der Waals surface area contributed by atoms with E-state index in [2.05, 4.69) is 5.32 Å². The van der Waals surface area contributed by atoms with Crippen molar-refractivity contribution in [3.05, 3.63) is 54.1 Å². The number of anilines is 1. The van der Waals surface area contributed by atoms with Crippen LogP contribution in [-0.2, 0) is 4.79 Å². The molecule has 0 unspecified atom stereocenters. The first-order valence-corrected chi connectivity index (χ1v) is 7.07. The van der Waals surface area contributed by atoms with Gasteiger partial charge in [0.15, 0.2) is 6.61 Å². The number of hydrogen-bond acceptors (Lipinski definition) is 4. The molecule has 0 heterocycles. The van der Waals surface area contributed by atoms with Crippen LogP contribution in [0.1, 0.15) is 17.3 Å². The molecule has 0 aliphatic rings. The topological polar surface area (TPSA) is 84.9 Å². The standard InChI is InChI=1S/C17H17NO5/c1-2-22-14-9-5-13(6-10-14)18-16(19)11-23-15-7-3-12(4-8-15)17(20)21/h3-10H,2,11H2,1H3,(H,18,19)(H,20,21). The van der Waals surface area contributed by atoms with Gasteiger partial charge in [-0.25, -0.2) is 4.79 Å². The summed E-state index contributed by atoms with van der Waals surface area (Å²) in [5, 5.41) is 11.5. The Kier molecular flexibility index (Phi) is 5.57. The van der Waals surface area contributed by atoms with Crippen molar-refractivity contribution in [3.8, 4) is 11.5 Å². The summed E-state index contributed by atoms with van der Waals surface area (Å²) in [7, 11) is 0. The highest BCUT2D eigenvalue weighted by Gasteiger charge is 2.06. The van der Waals surface area contributed by atoms with Crippen LogP contribution >= 0.6 is 0 Å². The Morgan fingerprint density at radius 1 is 0.957 bits per heavy atom. The summed E-state index contributed by atoms with van der Waals surface area (Å²) in [6.45, 7) is 2.32. The van der Waals surface area contributed by atoms with Crippen LogP contribution in [0.5, 0.6) is 11.5 Å². The molecule has 0 spiro atoms. The average Bonchev–Trinajstić information content (AvgIpc) is 2.55. The zero-order chi connectivity index (χ0) is 16.7. The van der Waals surface area contributed by atoms with Gasteiger partial charge in [0, 0.05) is 5.69 Å². The molecule has 2 aromatic carbocycles. The fraction of sp³-hybridized carbons (Fsp3) is 0.176. The average molecular weight is 315 g/mol. The highest BCUT2D eigenvalue weighted by Crippen LogP contribution is 2.16. The number of carboxylic acid groups (broad SMARTS) is 1. The molecular weight excluding hydrogens is 298 g/mol. The fourth-order valence-corrected chi connectivity index (χ4v) is 1.84. The van der Waals surface area contributed by atoms with E-state index in [9.17, 15) is 9.59 Å². The minimum Gasteiger partial charge on any atom is -0.494 e. The molecule has 120 valence electrons. The van der Waals surface area contributed by atoms with Crippen LogP contribution in [-0.4, -0.2) is 30.2 Å². The smallest absolute Gasteiger partial charge is 0.335 e. The zero-order valence-corrected chi connectivity index (χ0v) is 12.6. The molecule has 6 heteroatoms. The van der Waals surface area contributed by atoms with Gasteiger partial charge in [0.2, 0.25) is 0 Å². The Morgan fingerprint density at radius 3 is 2.09 bits per heavy atom. The number of ether oxygens (including phenoxy) is 2.